The molecule has 0 radical (unpaired) electrons. The smallest absolute Gasteiger partial charge is 0.414 e. The van der Waals surface area contributed by atoms with Crippen molar-refractivity contribution in [2.45, 2.75) is 20.3 Å². The van der Waals surface area contributed by atoms with E-state index in [0.29, 0.717) is 18.0 Å². The fourth-order valence-corrected chi connectivity index (χ4v) is 2.32. The largest absolute Gasteiger partial charge is 0.449 e. The van der Waals surface area contributed by atoms with Crippen LogP contribution in [-0.2, 0) is 11.8 Å². The fourth-order valence-electron chi connectivity index (χ4n) is 2.32. The highest BCUT2D eigenvalue weighted by Crippen LogP contribution is 2.17. The van der Waals surface area contributed by atoms with Crippen LogP contribution in [0.15, 0.2) is 35.1 Å². The van der Waals surface area contributed by atoms with Crippen LogP contribution < -0.4 is 10.5 Å². The molecule has 6 nitrogen and oxygen atoms in total. The standard InChI is InChI=1S/C16H21N3O3/c1-5-11-22-16(21)17(3)14-12(2)18(4)19(15(14)20)13-9-7-6-8-10-13/h6-10H,5,11H2,1-4H3. The Kier molecular flexibility index (Phi) is 4.70. The maximum Gasteiger partial charge on any atom is 0.414 e. The highest BCUT2D eigenvalue weighted by molar-refractivity contribution is 5.87. The van der Waals surface area contributed by atoms with E-state index in [4.69, 9.17) is 4.74 Å². The number of para-hydroxylation sites is 1. The summed E-state index contributed by atoms with van der Waals surface area (Å²) in [6, 6.07) is 9.31. The second kappa shape index (κ2) is 6.51. The van der Waals surface area contributed by atoms with Crippen molar-refractivity contribution in [2.75, 3.05) is 18.6 Å². The van der Waals surface area contributed by atoms with Gasteiger partial charge >= 0.3 is 6.09 Å². The van der Waals surface area contributed by atoms with Gasteiger partial charge in [0.15, 0.2) is 0 Å². The van der Waals surface area contributed by atoms with Gasteiger partial charge in [-0.1, -0.05) is 25.1 Å². The Morgan fingerprint density at radius 3 is 2.50 bits per heavy atom. The van der Waals surface area contributed by atoms with E-state index in [-0.39, 0.29) is 5.56 Å². The lowest BCUT2D eigenvalue weighted by Crippen LogP contribution is -2.32. The zero-order valence-corrected chi connectivity index (χ0v) is 13.4. The number of hydrogen-bond donors (Lipinski definition) is 0. The molecule has 1 amide bonds. The van der Waals surface area contributed by atoms with Crippen LogP contribution in [0.4, 0.5) is 10.5 Å². The summed E-state index contributed by atoms with van der Waals surface area (Å²) in [6.07, 6.45) is 0.217. The number of amides is 1. The summed E-state index contributed by atoms with van der Waals surface area (Å²) in [5.74, 6) is 0. The molecule has 2 aromatic rings. The number of benzene rings is 1. The zero-order chi connectivity index (χ0) is 16.3. The van der Waals surface area contributed by atoms with Crippen molar-refractivity contribution in [2.24, 2.45) is 7.05 Å². The number of hydrogen-bond acceptors (Lipinski definition) is 3. The molecular weight excluding hydrogens is 282 g/mol. The van der Waals surface area contributed by atoms with Gasteiger partial charge in [0.25, 0.3) is 5.56 Å². The number of anilines is 1. The van der Waals surface area contributed by atoms with Gasteiger partial charge in [0.2, 0.25) is 0 Å². The third-order valence-electron chi connectivity index (χ3n) is 3.56. The normalized spacial score (nSPS) is 10.5. The molecular formula is C16H21N3O3. The van der Waals surface area contributed by atoms with Crippen molar-refractivity contribution >= 4 is 11.8 Å². The topological polar surface area (TPSA) is 56.5 Å². The number of ether oxygens (including phenoxy) is 1. The van der Waals surface area contributed by atoms with E-state index in [9.17, 15) is 9.59 Å². The molecule has 0 saturated carbocycles. The van der Waals surface area contributed by atoms with E-state index in [2.05, 4.69) is 0 Å². The van der Waals surface area contributed by atoms with E-state index in [1.165, 1.54) is 9.58 Å². The molecule has 118 valence electrons. The number of carbonyl (C=O) groups is 1. The Labute approximate surface area is 129 Å². The summed E-state index contributed by atoms with van der Waals surface area (Å²) in [4.78, 5) is 26.0. The molecule has 0 fully saturated rings. The molecule has 0 aliphatic heterocycles. The van der Waals surface area contributed by atoms with Gasteiger partial charge in [0.05, 0.1) is 18.0 Å². The second-order valence-electron chi connectivity index (χ2n) is 5.08. The Hall–Kier alpha value is -2.50. The maximum absolute atomic E-state index is 12.7. The van der Waals surface area contributed by atoms with Crippen molar-refractivity contribution in [3.63, 3.8) is 0 Å². The molecule has 2 rings (SSSR count). The highest BCUT2D eigenvalue weighted by Gasteiger charge is 2.23. The average molecular weight is 303 g/mol. The lowest BCUT2D eigenvalue weighted by Gasteiger charge is -2.15. The number of carbonyl (C=O) groups excluding carboxylic acids is 1. The van der Waals surface area contributed by atoms with Crippen LogP contribution in [0.1, 0.15) is 19.0 Å². The minimum atomic E-state index is -0.520. The molecule has 1 heterocycles. The van der Waals surface area contributed by atoms with Gasteiger partial charge < -0.3 is 4.74 Å². The average Bonchev–Trinajstić information content (AvgIpc) is 2.75. The predicted molar refractivity (Wildman–Crippen MR) is 85.8 cm³/mol. The van der Waals surface area contributed by atoms with Crippen LogP contribution in [0.25, 0.3) is 5.69 Å². The number of rotatable bonds is 4. The molecule has 0 N–H and O–H groups in total. The summed E-state index contributed by atoms with van der Waals surface area (Å²) >= 11 is 0. The molecule has 0 aliphatic rings. The summed E-state index contributed by atoms with van der Waals surface area (Å²) in [5.41, 5.74) is 1.53. The first kappa shape index (κ1) is 15.9. The Morgan fingerprint density at radius 1 is 1.27 bits per heavy atom. The molecule has 0 unspecified atom stereocenters. The van der Waals surface area contributed by atoms with Gasteiger partial charge in [-0.05, 0) is 25.5 Å². The van der Waals surface area contributed by atoms with Crippen molar-refractivity contribution in [1.29, 1.82) is 0 Å². The molecule has 0 aliphatic carbocycles. The molecule has 0 atom stereocenters. The van der Waals surface area contributed by atoms with E-state index in [1.807, 2.05) is 37.3 Å². The van der Waals surface area contributed by atoms with Gasteiger partial charge in [0.1, 0.15) is 5.69 Å². The lowest BCUT2D eigenvalue weighted by molar-refractivity contribution is 0.155. The minimum absolute atomic E-state index is 0.248. The third-order valence-corrected chi connectivity index (χ3v) is 3.56. The molecule has 0 bridgehead atoms. The molecule has 6 heteroatoms. The minimum Gasteiger partial charge on any atom is -0.449 e. The first-order valence-electron chi connectivity index (χ1n) is 7.23. The quantitative estimate of drug-likeness (QED) is 0.872. The molecule has 0 spiro atoms. The summed E-state index contributed by atoms with van der Waals surface area (Å²) in [5, 5.41) is 0. The predicted octanol–water partition coefficient (Wildman–Crippen LogP) is 2.47. The van der Waals surface area contributed by atoms with Gasteiger partial charge in [0, 0.05) is 14.1 Å². The summed E-state index contributed by atoms with van der Waals surface area (Å²) < 4.78 is 8.37. The summed E-state index contributed by atoms with van der Waals surface area (Å²) in [7, 11) is 3.34. The van der Waals surface area contributed by atoms with E-state index in [0.717, 1.165) is 12.1 Å². The monoisotopic (exact) mass is 303 g/mol. The lowest BCUT2D eigenvalue weighted by atomic mass is 10.3. The molecule has 0 saturated heterocycles. The van der Waals surface area contributed by atoms with Crippen molar-refractivity contribution < 1.29 is 9.53 Å². The second-order valence-corrected chi connectivity index (χ2v) is 5.08. The van der Waals surface area contributed by atoms with E-state index >= 15 is 0 Å². The molecule has 1 aromatic carbocycles. The van der Waals surface area contributed by atoms with Crippen LogP contribution in [-0.4, -0.2) is 29.1 Å². The van der Waals surface area contributed by atoms with Crippen LogP contribution >= 0.6 is 0 Å². The Morgan fingerprint density at radius 2 is 1.91 bits per heavy atom. The molecule has 1 aromatic heterocycles. The Balaban J connectivity index is 2.47. The number of nitrogens with zero attached hydrogens (tertiary/aromatic N) is 3. The highest BCUT2D eigenvalue weighted by atomic mass is 16.6. The van der Waals surface area contributed by atoms with E-state index in [1.54, 1.807) is 25.7 Å². The first-order valence-corrected chi connectivity index (χ1v) is 7.23. The van der Waals surface area contributed by atoms with Gasteiger partial charge in [-0.3, -0.25) is 14.4 Å². The van der Waals surface area contributed by atoms with Gasteiger partial charge in [-0.2, -0.15) is 0 Å². The molecule has 22 heavy (non-hydrogen) atoms. The number of aromatic nitrogens is 2. The van der Waals surface area contributed by atoms with Crippen molar-refractivity contribution in [3.8, 4) is 5.69 Å². The van der Waals surface area contributed by atoms with Crippen LogP contribution in [0.3, 0.4) is 0 Å². The SMILES string of the molecule is CCCOC(=O)N(C)c1c(C)n(C)n(-c2ccccc2)c1=O. The zero-order valence-electron chi connectivity index (χ0n) is 13.4. The Bertz CT molecular complexity index is 716. The van der Waals surface area contributed by atoms with Crippen molar-refractivity contribution in [3.05, 3.63) is 46.4 Å². The third kappa shape index (κ3) is 2.77. The van der Waals surface area contributed by atoms with Gasteiger partial charge in [-0.25, -0.2) is 9.48 Å². The maximum atomic E-state index is 12.7. The van der Waals surface area contributed by atoms with Gasteiger partial charge in [-0.15, -0.1) is 0 Å². The van der Waals surface area contributed by atoms with Crippen molar-refractivity contribution in [1.82, 2.24) is 9.36 Å². The van der Waals surface area contributed by atoms with Crippen LogP contribution in [0, 0.1) is 6.92 Å². The van der Waals surface area contributed by atoms with Crippen LogP contribution in [0.5, 0.6) is 0 Å². The van der Waals surface area contributed by atoms with Crippen LogP contribution in [0.2, 0.25) is 0 Å². The summed E-state index contributed by atoms with van der Waals surface area (Å²) in [6.45, 7) is 4.06. The van der Waals surface area contributed by atoms with E-state index < -0.39 is 6.09 Å². The first-order chi connectivity index (χ1) is 10.5. The fraction of sp³-hybridized carbons (Fsp3) is 0.375.